The number of hydrogen-bond donors (Lipinski definition) is 1. The van der Waals surface area contributed by atoms with E-state index in [4.69, 9.17) is 16.0 Å². The highest BCUT2D eigenvalue weighted by Crippen LogP contribution is 2.33. The lowest BCUT2D eigenvalue weighted by molar-refractivity contribution is -0.131. The number of aliphatic carboxylic acids is 1. The fraction of sp³-hybridized carbons (Fsp3) is 0.0952. The van der Waals surface area contributed by atoms with Crippen molar-refractivity contribution in [2.45, 2.75) is 12.1 Å². The molecule has 0 atom stereocenters. The van der Waals surface area contributed by atoms with E-state index < -0.39 is 5.97 Å². The van der Waals surface area contributed by atoms with Gasteiger partial charge in [-0.05, 0) is 55.1 Å². The van der Waals surface area contributed by atoms with Crippen LogP contribution in [0.25, 0.3) is 28.4 Å². The Bertz CT molecular complexity index is 1240. The number of hydrogen-bond acceptors (Lipinski definition) is 5. The van der Waals surface area contributed by atoms with Crippen LogP contribution >= 0.6 is 23.4 Å². The molecule has 0 amide bonds. The monoisotopic (exact) mass is 425 g/mol. The van der Waals surface area contributed by atoms with Crippen LogP contribution in [0.1, 0.15) is 11.3 Å². The lowest BCUT2D eigenvalue weighted by Gasteiger charge is -2.01. The zero-order valence-corrected chi connectivity index (χ0v) is 17.2. The largest absolute Gasteiger partial charge is 0.477 e. The first-order valence-electron chi connectivity index (χ1n) is 8.70. The molecule has 0 spiro atoms. The van der Waals surface area contributed by atoms with Crippen molar-refractivity contribution >= 4 is 46.3 Å². The molecule has 0 aliphatic rings. The predicted molar refractivity (Wildman–Crippen MR) is 114 cm³/mol. The Morgan fingerprint density at radius 2 is 1.90 bits per heavy atom. The van der Waals surface area contributed by atoms with Gasteiger partial charge in [-0.15, -0.1) is 10.2 Å². The SMILES string of the molecule is Cc1c(/C=C(\Sc2nnc(-c3ccc(Cl)cc3)o2)C(=O)O)c2ccccc2n1C. The number of aryl methyl sites for hydroxylation is 1. The summed E-state index contributed by atoms with van der Waals surface area (Å²) >= 11 is 6.82. The Hall–Kier alpha value is -3.03. The maximum absolute atomic E-state index is 11.9. The molecule has 0 aliphatic heterocycles. The Morgan fingerprint density at radius 3 is 2.62 bits per heavy atom. The molecular weight excluding hydrogens is 410 g/mol. The Kier molecular flexibility index (Phi) is 5.17. The molecular formula is C21H16ClN3O3S. The van der Waals surface area contributed by atoms with Crippen molar-refractivity contribution in [2.75, 3.05) is 0 Å². The molecule has 2 aromatic heterocycles. The number of aromatic nitrogens is 3. The first kappa shape index (κ1) is 19.3. The lowest BCUT2D eigenvalue weighted by Crippen LogP contribution is -1.97. The highest BCUT2D eigenvalue weighted by atomic mass is 35.5. The second kappa shape index (κ2) is 7.77. The molecule has 0 radical (unpaired) electrons. The molecule has 0 aliphatic carbocycles. The molecule has 0 fully saturated rings. The minimum Gasteiger partial charge on any atom is -0.477 e. The molecule has 4 rings (SSSR count). The molecule has 8 heteroatoms. The van der Waals surface area contributed by atoms with Crippen molar-refractivity contribution in [1.82, 2.24) is 14.8 Å². The van der Waals surface area contributed by atoms with E-state index in [9.17, 15) is 9.90 Å². The van der Waals surface area contributed by atoms with E-state index in [1.54, 1.807) is 30.3 Å². The molecule has 0 saturated carbocycles. The minimum atomic E-state index is -1.06. The number of benzene rings is 2. The smallest absolute Gasteiger partial charge is 0.342 e. The normalized spacial score (nSPS) is 11.9. The number of carboxylic acids is 1. The first-order valence-corrected chi connectivity index (χ1v) is 9.90. The number of nitrogens with zero attached hydrogens (tertiary/aromatic N) is 3. The Morgan fingerprint density at radius 1 is 1.17 bits per heavy atom. The van der Waals surface area contributed by atoms with Gasteiger partial charge in [-0.3, -0.25) is 0 Å². The predicted octanol–water partition coefficient (Wildman–Crippen LogP) is 5.41. The summed E-state index contributed by atoms with van der Waals surface area (Å²) in [6.45, 7) is 1.96. The van der Waals surface area contributed by atoms with Crippen molar-refractivity contribution < 1.29 is 14.3 Å². The van der Waals surface area contributed by atoms with Gasteiger partial charge in [-0.25, -0.2) is 4.79 Å². The standard InChI is InChI=1S/C21H16ClN3O3S/c1-12-16(15-5-3-4-6-17(15)25(12)2)11-18(20(26)27)29-21-24-23-19(28-21)13-7-9-14(22)10-8-13/h3-11H,1-2H3,(H,26,27)/b18-11-. The third-order valence-corrected chi connectivity index (χ3v) is 5.73. The van der Waals surface area contributed by atoms with Gasteiger partial charge < -0.3 is 14.1 Å². The molecule has 2 heterocycles. The average Bonchev–Trinajstić information content (AvgIpc) is 3.27. The maximum atomic E-state index is 11.9. The third kappa shape index (κ3) is 3.79. The summed E-state index contributed by atoms with van der Waals surface area (Å²) in [5.41, 5.74) is 3.57. The van der Waals surface area contributed by atoms with Crippen LogP contribution in [0.3, 0.4) is 0 Å². The molecule has 2 aromatic carbocycles. The van der Waals surface area contributed by atoms with E-state index in [0.717, 1.165) is 33.9 Å². The summed E-state index contributed by atoms with van der Waals surface area (Å²) in [4.78, 5) is 12.0. The number of rotatable bonds is 5. The molecule has 0 bridgehead atoms. The van der Waals surface area contributed by atoms with Gasteiger partial charge in [0.2, 0.25) is 5.89 Å². The van der Waals surface area contributed by atoms with Gasteiger partial charge in [0, 0.05) is 39.8 Å². The van der Waals surface area contributed by atoms with Crippen molar-refractivity contribution in [1.29, 1.82) is 0 Å². The quantitative estimate of drug-likeness (QED) is 0.340. The number of fused-ring (bicyclic) bond motifs is 1. The van der Waals surface area contributed by atoms with Gasteiger partial charge in [0.05, 0.1) is 0 Å². The average molecular weight is 426 g/mol. The number of para-hydroxylation sites is 1. The van der Waals surface area contributed by atoms with Gasteiger partial charge in [0.1, 0.15) is 4.91 Å². The molecule has 0 unspecified atom stereocenters. The Balaban J connectivity index is 1.69. The van der Waals surface area contributed by atoms with Crippen LogP contribution in [0, 0.1) is 6.92 Å². The maximum Gasteiger partial charge on any atom is 0.342 e. The lowest BCUT2D eigenvalue weighted by atomic mass is 10.1. The van der Waals surface area contributed by atoms with Crippen molar-refractivity contribution in [3.8, 4) is 11.5 Å². The van der Waals surface area contributed by atoms with E-state index >= 15 is 0 Å². The number of halogens is 1. The number of carboxylic acid groups (broad SMARTS) is 1. The molecule has 146 valence electrons. The summed E-state index contributed by atoms with van der Waals surface area (Å²) < 4.78 is 7.68. The summed E-state index contributed by atoms with van der Waals surface area (Å²) in [7, 11) is 1.96. The summed E-state index contributed by atoms with van der Waals surface area (Å²) in [5, 5.41) is 19.4. The highest BCUT2D eigenvalue weighted by Gasteiger charge is 2.18. The molecule has 6 nitrogen and oxygen atoms in total. The van der Waals surface area contributed by atoms with E-state index in [1.165, 1.54) is 0 Å². The van der Waals surface area contributed by atoms with Crippen LogP contribution in [-0.2, 0) is 11.8 Å². The van der Waals surface area contributed by atoms with Crippen LogP contribution in [-0.4, -0.2) is 25.8 Å². The van der Waals surface area contributed by atoms with Crippen LogP contribution in [0.5, 0.6) is 0 Å². The van der Waals surface area contributed by atoms with E-state index in [1.807, 2.05) is 42.8 Å². The van der Waals surface area contributed by atoms with Gasteiger partial charge in [0.15, 0.2) is 0 Å². The zero-order valence-electron chi connectivity index (χ0n) is 15.6. The van der Waals surface area contributed by atoms with E-state index in [0.29, 0.717) is 16.5 Å². The van der Waals surface area contributed by atoms with Crippen LogP contribution in [0.4, 0.5) is 0 Å². The van der Waals surface area contributed by atoms with Gasteiger partial charge >= 0.3 is 5.97 Å². The molecule has 29 heavy (non-hydrogen) atoms. The van der Waals surface area contributed by atoms with Gasteiger partial charge in [-0.2, -0.15) is 0 Å². The van der Waals surface area contributed by atoms with E-state index in [2.05, 4.69) is 10.2 Å². The summed E-state index contributed by atoms with van der Waals surface area (Å²) in [6.07, 6.45) is 1.65. The molecule has 1 N–H and O–H groups in total. The Labute approximate surface area is 175 Å². The van der Waals surface area contributed by atoms with Gasteiger partial charge in [0.25, 0.3) is 5.22 Å². The topological polar surface area (TPSA) is 81.2 Å². The summed E-state index contributed by atoms with van der Waals surface area (Å²) in [6, 6.07) is 14.8. The van der Waals surface area contributed by atoms with Crippen molar-refractivity contribution in [2.24, 2.45) is 7.05 Å². The minimum absolute atomic E-state index is 0.0933. The van der Waals surface area contributed by atoms with Crippen molar-refractivity contribution in [3.63, 3.8) is 0 Å². The third-order valence-electron chi connectivity index (χ3n) is 4.63. The van der Waals surface area contributed by atoms with Crippen LogP contribution < -0.4 is 0 Å². The highest BCUT2D eigenvalue weighted by molar-refractivity contribution is 8.03. The second-order valence-corrected chi connectivity index (χ2v) is 7.80. The summed E-state index contributed by atoms with van der Waals surface area (Å²) in [5.74, 6) is -0.760. The fourth-order valence-electron chi connectivity index (χ4n) is 3.05. The number of thioether (sulfide) groups is 1. The molecule has 0 saturated heterocycles. The van der Waals surface area contributed by atoms with E-state index in [-0.39, 0.29) is 10.1 Å². The first-order chi connectivity index (χ1) is 13.9. The molecule has 4 aromatic rings. The zero-order chi connectivity index (χ0) is 20.5. The fourth-order valence-corrected chi connectivity index (χ4v) is 3.83. The van der Waals surface area contributed by atoms with Crippen LogP contribution in [0.15, 0.2) is 63.1 Å². The second-order valence-electron chi connectivity index (χ2n) is 6.37. The number of carbonyl (C=O) groups is 1. The van der Waals surface area contributed by atoms with Crippen molar-refractivity contribution in [3.05, 3.63) is 69.7 Å². The van der Waals surface area contributed by atoms with Gasteiger partial charge in [-0.1, -0.05) is 29.8 Å². The van der Waals surface area contributed by atoms with Crippen LogP contribution in [0.2, 0.25) is 5.02 Å².